The van der Waals surface area contributed by atoms with E-state index in [4.69, 9.17) is 11.7 Å². The number of carbonyl (C=O) groups excluding carboxylic acids is 3. The van der Waals surface area contributed by atoms with Crippen molar-refractivity contribution in [2.24, 2.45) is 13.0 Å². The molecule has 3 fully saturated rings. The summed E-state index contributed by atoms with van der Waals surface area (Å²) >= 11 is 0. The molecule has 1 saturated carbocycles. The lowest BCUT2D eigenvalue weighted by molar-refractivity contribution is -0.141. The Morgan fingerprint density at radius 3 is 2.50 bits per heavy atom. The van der Waals surface area contributed by atoms with Crippen LogP contribution < -0.4 is 21.2 Å². The molecule has 2 atom stereocenters. The van der Waals surface area contributed by atoms with E-state index in [1.807, 2.05) is 4.68 Å². The first-order chi connectivity index (χ1) is 28.5. The van der Waals surface area contributed by atoms with Gasteiger partial charge in [0.2, 0.25) is 17.5 Å². The number of benzene rings is 2. The number of hydrogen-bond acceptors (Lipinski definition) is 8. The summed E-state index contributed by atoms with van der Waals surface area (Å²) < 4.78 is 76.3. The fourth-order valence-electron chi connectivity index (χ4n) is 9.07. The Hall–Kier alpha value is -6.16. The second-order valence-corrected chi connectivity index (χ2v) is 15.9. The van der Waals surface area contributed by atoms with Crippen molar-refractivity contribution < 1.29 is 36.3 Å². The van der Waals surface area contributed by atoms with Gasteiger partial charge in [-0.1, -0.05) is 12.1 Å². The van der Waals surface area contributed by atoms with Crippen LogP contribution in [-0.2, 0) is 22.8 Å². The number of carbonyl (C=O) groups is 3. The van der Waals surface area contributed by atoms with Crippen molar-refractivity contribution >= 4 is 56.7 Å². The number of halogens is 5. The SMILES string of the molecule is [C-]#[N+]c1cc2nn(C3CCC(CN(C)C4CCN(c5cccc6c5n(C)c(=O)n6C5CCC(=O)NC5=O)CC4(F)F)CC3)cc2cc1NC(=O)c1cccc(C(F)(F)F)n1. The third-order valence-electron chi connectivity index (χ3n) is 12.1. The fourth-order valence-corrected chi connectivity index (χ4v) is 9.07. The zero-order valence-corrected chi connectivity index (χ0v) is 32.7. The van der Waals surface area contributed by atoms with Crippen LogP contribution in [0.25, 0.3) is 26.8 Å². The average molecular weight is 833 g/mol. The molecular weight excluding hydrogens is 792 g/mol. The number of piperidine rings is 2. The van der Waals surface area contributed by atoms with Crippen LogP contribution in [-0.4, -0.2) is 85.2 Å². The Balaban J connectivity index is 0.898. The lowest BCUT2D eigenvalue weighted by Crippen LogP contribution is -2.58. The summed E-state index contributed by atoms with van der Waals surface area (Å²) in [4.78, 5) is 61.0. The summed E-state index contributed by atoms with van der Waals surface area (Å²) in [7, 11) is 3.29. The van der Waals surface area contributed by atoms with Crippen LogP contribution in [0.2, 0.25) is 0 Å². The van der Waals surface area contributed by atoms with Gasteiger partial charge in [-0.3, -0.25) is 38.4 Å². The number of hydrogen-bond donors (Lipinski definition) is 2. The predicted octanol–water partition coefficient (Wildman–Crippen LogP) is 6.46. The smallest absolute Gasteiger partial charge is 0.364 e. The number of para-hydroxylation sites is 1. The summed E-state index contributed by atoms with van der Waals surface area (Å²) in [5.74, 6) is -4.78. The zero-order valence-electron chi connectivity index (χ0n) is 32.7. The average Bonchev–Trinajstić information content (AvgIpc) is 3.74. The number of aryl methyl sites for hydroxylation is 1. The first-order valence-corrected chi connectivity index (χ1v) is 19.6. The Labute approximate surface area is 339 Å². The summed E-state index contributed by atoms with van der Waals surface area (Å²) in [6.07, 6.45) is 0.531. The summed E-state index contributed by atoms with van der Waals surface area (Å²) in [5, 5.41) is 10.1. The highest BCUT2D eigenvalue weighted by molar-refractivity contribution is 6.06. The van der Waals surface area contributed by atoms with Gasteiger partial charge >= 0.3 is 11.9 Å². The Morgan fingerprint density at radius 2 is 1.80 bits per heavy atom. The van der Waals surface area contributed by atoms with Crippen LogP contribution in [0, 0.1) is 12.5 Å². The molecule has 3 aromatic heterocycles. The molecule has 2 N–H and O–H groups in total. The van der Waals surface area contributed by atoms with Gasteiger partial charge in [0.1, 0.15) is 17.4 Å². The number of imide groups is 1. The minimum Gasteiger partial charge on any atom is -0.364 e. The van der Waals surface area contributed by atoms with Crippen LogP contribution in [0.4, 0.5) is 39.0 Å². The molecule has 3 amide bonds. The van der Waals surface area contributed by atoms with Gasteiger partial charge in [0.15, 0.2) is 0 Å². The van der Waals surface area contributed by atoms with Crippen LogP contribution in [0.5, 0.6) is 0 Å². The van der Waals surface area contributed by atoms with Crippen molar-refractivity contribution in [1.29, 1.82) is 0 Å². The highest BCUT2D eigenvalue weighted by atomic mass is 19.4. The van der Waals surface area contributed by atoms with E-state index in [2.05, 4.69) is 20.5 Å². The molecule has 8 rings (SSSR count). The van der Waals surface area contributed by atoms with Crippen molar-refractivity contribution in [3.63, 3.8) is 0 Å². The molecule has 14 nitrogen and oxygen atoms in total. The number of aromatic nitrogens is 5. The lowest BCUT2D eigenvalue weighted by atomic mass is 9.85. The maximum absolute atomic E-state index is 16.1. The van der Waals surface area contributed by atoms with Gasteiger partial charge in [0.05, 0.1) is 47.4 Å². The van der Waals surface area contributed by atoms with Crippen molar-refractivity contribution in [2.75, 3.05) is 36.9 Å². The number of rotatable bonds is 8. The van der Waals surface area contributed by atoms with E-state index in [0.717, 1.165) is 43.9 Å². The standard InChI is InChI=1S/C41H41F5N10O4/c1-47-28-19-27-24(18-29(28)49-37(58)26-6-4-9-33(48-26)41(44,45)46)21-55(51-27)25-12-10-23(11-13-25)20-52(2)34-16-17-54(22-40(34,42)43)30-7-5-8-31-36(30)53(3)39(60)56(31)32-14-15-35(57)50-38(32)59/h4-9,18-19,21,23,25,32,34H,10-17,20,22H2,2-3H3,(H,49,58)(H,50,57,59). The van der Waals surface area contributed by atoms with Gasteiger partial charge in [0, 0.05) is 43.8 Å². The molecule has 5 heterocycles. The van der Waals surface area contributed by atoms with Gasteiger partial charge in [0.25, 0.3) is 11.8 Å². The van der Waals surface area contributed by atoms with Crippen LogP contribution in [0.3, 0.4) is 0 Å². The van der Waals surface area contributed by atoms with Gasteiger partial charge in [-0.25, -0.2) is 23.4 Å². The molecule has 2 saturated heterocycles. The van der Waals surface area contributed by atoms with Crippen molar-refractivity contribution in [1.82, 2.24) is 34.1 Å². The number of imidazole rings is 1. The molecule has 5 aromatic rings. The maximum Gasteiger partial charge on any atom is 0.433 e. The van der Waals surface area contributed by atoms with E-state index < -0.39 is 65.5 Å². The van der Waals surface area contributed by atoms with E-state index in [9.17, 15) is 32.3 Å². The Morgan fingerprint density at radius 1 is 1.05 bits per heavy atom. The third-order valence-corrected chi connectivity index (χ3v) is 12.1. The minimum atomic E-state index is -4.73. The number of pyridine rings is 1. The van der Waals surface area contributed by atoms with Crippen LogP contribution in [0.1, 0.15) is 73.2 Å². The van der Waals surface area contributed by atoms with E-state index in [1.54, 1.807) is 54.4 Å². The summed E-state index contributed by atoms with van der Waals surface area (Å²) in [6, 6.07) is 9.27. The van der Waals surface area contributed by atoms with Crippen LogP contribution >= 0.6 is 0 Å². The van der Waals surface area contributed by atoms with E-state index >= 15 is 8.78 Å². The molecule has 314 valence electrons. The molecule has 2 aromatic carbocycles. The monoisotopic (exact) mass is 832 g/mol. The normalized spacial score (nSPS) is 22.3. The van der Waals surface area contributed by atoms with Crippen LogP contribution in [0.15, 0.2) is 59.5 Å². The second-order valence-electron chi connectivity index (χ2n) is 15.9. The van der Waals surface area contributed by atoms with Crippen molar-refractivity contribution in [3.8, 4) is 0 Å². The molecule has 60 heavy (non-hydrogen) atoms. The lowest BCUT2D eigenvalue weighted by Gasteiger charge is -2.44. The van der Waals surface area contributed by atoms with Gasteiger partial charge < -0.3 is 10.2 Å². The van der Waals surface area contributed by atoms with Gasteiger partial charge in [-0.2, -0.15) is 18.3 Å². The number of anilines is 2. The number of amides is 3. The molecular formula is C41H41F5N10O4. The highest BCUT2D eigenvalue weighted by Gasteiger charge is 2.47. The predicted molar refractivity (Wildman–Crippen MR) is 211 cm³/mol. The van der Waals surface area contributed by atoms with Gasteiger partial charge in [-0.15, -0.1) is 0 Å². The second kappa shape index (κ2) is 15.5. The number of alkyl halides is 5. The molecule has 19 heteroatoms. The Bertz CT molecular complexity index is 2620. The molecule has 1 aliphatic carbocycles. The third kappa shape index (κ3) is 7.59. The quantitative estimate of drug-likeness (QED) is 0.103. The van der Waals surface area contributed by atoms with Gasteiger partial charge in [-0.05, 0) is 87.9 Å². The zero-order chi connectivity index (χ0) is 42.7. The number of fused-ring (bicyclic) bond motifs is 2. The first-order valence-electron chi connectivity index (χ1n) is 19.6. The maximum atomic E-state index is 16.1. The summed E-state index contributed by atoms with van der Waals surface area (Å²) in [5.41, 5.74) is -0.0754. The van der Waals surface area contributed by atoms with Crippen molar-refractivity contribution in [3.05, 3.63) is 88.0 Å². The van der Waals surface area contributed by atoms with E-state index in [1.165, 1.54) is 15.2 Å². The summed E-state index contributed by atoms with van der Waals surface area (Å²) in [6.45, 7) is 7.88. The molecule has 2 aliphatic heterocycles. The molecule has 0 bridgehead atoms. The number of nitrogens with one attached hydrogen (secondary N) is 2. The highest BCUT2D eigenvalue weighted by Crippen LogP contribution is 2.40. The topological polar surface area (TPSA) is 144 Å². The minimum absolute atomic E-state index is 0.0101. The number of nitrogens with zero attached hydrogens (tertiary/aromatic N) is 8. The molecule has 2 unspecified atom stereocenters. The van der Waals surface area contributed by atoms with E-state index in [-0.39, 0.29) is 42.6 Å². The van der Waals surface area contributed by atoms with Crippen molar-refractivity contribution in [2.45, 2.75) is 75.2 Å². The molecule has 0 radical (unpaired) electrons. The van der Waals surface area contributed by atoms with E-state index in [0.29, 0.717) is 40.7 Å². The molecule has 0 spiro atoms. The fraction of sp³-hybridized carbons (Fsp3) is 0.439. The largest absolute Gasteiger partial charge is 0.433 e. The molecule has 3 aliphatic rings. The Kier molecular flexibility index (Phi) is 10.5. The first kappa shape index (κ1) is 40.6.